The molecule has 1 aromatic heterocycles. The van der Waals surface area contributed by atoms with Crippen LogP contribution < -0.4 is 11.1 Å². The van der Waals surface area contributed by atoms with Crippen molar-refractivity contribution in [2.75, 3.05) is 11.1 Å². The summed E-state index contributed by atoms with van der Waals surface area (Å²) in [5.74, 6) is 0.573. The maximum atomic E-state index is 5.69. The van der Waals surface area contributed by atoms with E-state index in [0.29, 0.717) is 5.95 Å². The molecule has 5 heteroatoms. The van der Waals surface area contributed by atoms with E-state index in [1.807, 2.05) is 24.3 Å². The summed E-state index contributed by atoms with van der Waals surface area (Å²) in [7, 11) is 0. The van der Waals surface area contributed by atoms with Crippen molar-refractivity contribution in [2.45, 2.75) is 39.7 Å². The van der Waals surface area contributed by atoms with Crippen LogP contribution in [0.5, 0.6) is 0 Å². The Labute approximate surface area is 119 Å². The lowest BCUT2D eigenvalue weighted by atomic mass is 10.1. The number of aromatic nitrogens is 3. The number of nitrogens with two attached hydrogens (primary N) is 1. The first kappa shape index (κ1) is 14.2. The molecule has 3 N–H and O–H groups in total. The minimum Gasteiger partial charge on any atom is -0.399 e. The van der Waals surface area contributed by atoms with Gasteiger partial charge in [-0.05, 0) is 37.5 Å². The average molecular weight is 271 g/mol. The van der Waals surface area contributed by atoms with Gasteiger partial charge in [0.2, 0.25) is 5.95 Å². The zero-order valence-corrected chi connectivity index (χ0v) is 12.2. The summed E-state index contributed by atoms with van der Waals surface area (Å²) in [5.41, 5.74) is 9.58. The Bertz CT molecular complexity index is 565. The first-order chi connectivity index (χ1) is 9.63. The van der Waals surface area contributed by atoms with Crippen molar-refractivity contribution >= 4 is 11.6 Å². The third-order valence-corrected chi connectivity index (χ3v) is 3.29. The predicted molar refractivity (Wildman–Crippen MR) is 81.5 cm³/mol. The average Bonchev–Trinajstić information content (AvgIpc) is 2.47. The molecular weight excluding hydrogens is 250 g/mol. The van der Waals surface area contributed by atoms with Gasteiger partial charge in [-0.25, -0.2) is 4.98 Å². The number of hydrogen-bond donors (Lipinski definition) is 2. The van der Waals surface area contributed by atoms with Crippen LogP contribution in [0.25, 0.3) is 0 Å². The highest BCUT2D eigenvalue weighted by atomic mass is 15.2. The van der Waals surface area contributed by atoms with Crippen LogP contribution in [0.4, 0.5) is 11.6 Å². The van der Waals surface area contributed by atoms with E-state index >= 15 is 0 Å². The van der Waals surface area contributed by atoms with Gasteiger partial charge in [-0.1, -0.05) is 26.0 Å². The zero-order valence-electron chi connectivity index (χ0n) is 12.2. The number of nitrogen functional groups attached to an aromatic ring is 1. The second-order valence-electron chi connectivity index (χ2n) is 4.77. The number of hydrogen-bond acceptors (Lipinski definition) is 5. The fraction of sp³-hybridized carbons (Fsp3) is 0.400. The molecule has 106 valence electrons. The lowest BCUT2D eigenvalue weighted by Gasteiger charge is -2.15. The molecule has 0 bridgehead atoms. The van der Waals surface area contributed by atoms with Crippen LogP contribution in [0.15, 0.2) is 24.3 Å². The zero-order chi connectivity index (χ0) is 14.5. The van der Waals surface area contributed by atoms with Gasteiger partial charge in [-0.2, -0.15) is 5.10 Å². The molecule has 0 saturated carbocycles. The van der Waals surface area contributed by atoms with E-state index in [0.717, 1.165) is 35.5 Å². The molecule has 0 aliphatic carbocycles. The molecule has 20 heavy (non-hydrogen) atoms. The lowest BCUT2D eigenvalue weighted by Crippen LogP contribution is -2.13. The van der Waals surface area contributed by atoms with Crippen LogP contribution in [0.3, 0.4) is 0 Å². The summed E-state index contributed by atoms with van der Waals surface area (Å²) in [5, 5.41) is 11.7. The largest absolute Gasteiger partial charge is 0.399 e. The van der Waals surface area contributed by atoms with E-state index < -0.39 is 0 Å². The molecular formula is C15H21N5. The number of benzene rings is 1. The second kappa shape index (κ2) is 6.32. The summed E-state index contributed by atoms with van der Waals surface area (Å²) < 4.78 is 0. The molecule has 1 aromatic carbocycles. The smallest absolute Gasteiger partial charge is 0.243 e. The summed E-state index contributed by atoms with van der Waals surface area (Å²) in [6, 6.07) is 7.90. The third-order valence-electron chi connectivity index (χ3n) is 3.29. The van der Waals surface area contributed by atoms with Crippen molar-refractivity contribution in [3.63, 3.8) is 0 Å². The highest BCUT2D eigenvalue weighted by Crippen LogP contribution is 2.18. The van der Waals surface area contributed by atoms with E-state index in [1.54, 1.807) is 0 Å². The molecule has 0 spiro atoms. The second-order valence-corrected chi connectivity index (χ2v) is 4.77. The molecule has 1 heterocycles. The van der Waals surface area contributed by atoms with E-state index in [9.17, 15) is 0 Å². The maximum Gasteiger partial charge on any atom is 0.243 e. The van der Waals surface area contributed by atoms with E-state index in [-0.39, 0.29) is 6.04 Å². The first-order valence-electron chi connectivity index (χ1n) is 6.98. The number of rotatable bonds is 5. The van der Waals surface area contributed by atoms with Gasteiger partial charge in [-0.3, -0.25) is 0 Å². The number of anilines is 2. The Morgan fingerprint density at radius 3 is 2.30 bits per heavy atom. The van der Waals surface area contributed by atoms with E-state index in [4.69, 9.17) is 5.73 Å². The van der Waals surface area contributed by atoms with Crippen molar-refractivity contribution in [3.8, 4) is 0 Å². The maximum absolute atomic E-state index is 5.69. The standard InChI is InChI=1S/C15H21N5/c1-4-13-14(5-2)19-20-15(18-13)17-10(3)11-6-8-12(16)9-7-11/h6-10H,4-5,16H2,1-3H3,(H,17,18,20). The summed E-state index contributed by atoms with van der Waals surface area (Å²) in [4.78, 5) is 4.54. The highest BCUT2D eigenvalue weighted by Gasteiger charge is 2.10. The monoisotopic (exact) mass is 271 g/mol. The molecule has 0 radical (unpaired) electrons. The van der Waals surface area contributed by atoms with Gasteiger partial charge in [0.05, 0.1) is 17.4 Å². The van der Waals surface area contributed by atoms with Gasteiger partial charge < -0.3 is 11.1 Å². The molecule has 1 atom stereocenters. The minimum absolute atomic E-state index is 0.106. The summed E-state index contributed by atoms with van der Waals surface area (Å²) in [6.07, 6.45) is 1.72. The summed E-state index contributed by atoms with van der Waals surface area (Å²) >= 11 is 0. The van der Waals surface area contributed by atoms with Gasteiger partial charge in [0.15, 0.2) is 0 Å². The summed E-state index contributed by atoms with van der Waals surface area (Å²) in [6.45, 7) is 6.21. The van der Waals surface area contributed by atoms with Crippen molar-refractivity contribution in [3.05, 3.63) is 41.2 Å². The molecule has 0 saturated heterocycles. The van der Waals surface area contributed by atoms with Gasteiger partial charge in [0.1, 0.15) is 0 Å². The van der Waals surface area contributed by atoms with Crippen LogP contribution in [0.1, 0.15) is 43.8 Å². The molecule has 1 unspecified atom stereocenters. The minimum atomic E-state index is 0.106. The fourth-order valence-electron chi connectivity index (χ4n) is 2.06. The van der Waals surface area contributed by atoms with Crippen LogP contribution in [0.2, 0.25) is 0 Å². The quantitative estimate of drug-likeness (QED) is 0.818. The van der Waals surface area contributed by atoms with Crippen LogP contribution in [-0.4, -0.2) is 15.2 Å². The first-order valence-corrected chi connectivity index (χ1v) is 6.98. The molecule has 5 nitrogen and oxygen atoms in total. The Kier molecular flexibility index (Phi) is 4.50. The Hall–Kier alpha value is -2.17. The third kappa shape index (κ3) is 3.23. The van der Waals surface area contributed by atoms with Crippen LogP contribution >= 0.6 is 0 Å². The van der Waals surface area contributed by atoms with Gasteiger partial charge in [0.25, 0.3) is 0 Å². The predicted octanol–water partition coefficient (Wildman–Crippen LogP) is 2.75. The topological polar surface area (TPSA) is 76.7 Å². The van der Waals surface area contributed by atoms with E-state index in [2.05, 4.69) is 41.3 Å². The number of nitrogens with one attached hydrogen (secondary N) is 1. The Morgan fingerprint density at radius 1 is 1.05 bits per heavy atom. The number of nitrogens with zero attached hydrogens (tertiary/aromatic N) is 3. The molecule has 0 aliphatic heterocycles. The molecule has 2 aromatic rings. The number of aryl methyl sites for hydroxylation is 2. The molecule has 0 fully saturated rings. The lowest BCUT2D eigenvalue weighted by molar-refractivity contribution is 0.790. The molecule has 2 rings (SSSR count). The van der Waals surface area contributed by atoms with Crippen molar-refractivity contribution in [1.82, 2.24) is 15.2 Å². The van der Waals surface area contributed by atoms with Crippen LogP contribution in [-0.2, 0) is 12.8 Å². The van der Waals surface area contributed by atoms with Crippen molar-refractivity contribution < 1.29 is 0 Å². The fourth-order valence-corrected chi connectivity index (χ4v) is 2.06. The van der Waals surface area contributed by atoms with Crippen molar-refractivity contribution in [2.24, 2.45) is 0 Å². The normalized spacial score (nSPS) is 12.2. The van der Waals surface area contributed by atoms with Gasteiger partial charge >= 0.3 is 0 Å². The van der Waals surface area contributed by atoms with E-state index in [1.165, 1.54) is 0 Å². The Balaban J connectivity index is 2.15. The van der Waals surface area contributed by atoms with Crippen LogP contribution in [0, 0.1) is 0 Å². The Morgan fingerprint density at radius 2 is 1.70 bits per heavy atom. The van der Waals surface area contributed by atoms with Gasteiger partial charge in [0, 0.05) is 5.69 Å². The van der Waals surface area contributed by atoms with Gasteiger partial charge in [-0.15, -0.1) is 5.10 Å². The SMILES string of the molecule is CCc1nnc(NC(C)c2ccc(N)cc2)nc1CC. The van der Waals surface area contributed by atoms with Crippen molar-refractivity contribution in [1.29, 1.82) is 0 Å². The molecule has 0 aliphatic rings. The molecule has 0 amide bonds. The highest BCUT2D eigenvalue weighted by molar-refractivity contribution is 5.41.